The maximum atomic E-state index is 6.09. The summed E-state index contributed by atoms with van der Waals surface area (Å²) in [6.07, 6.45) is 15.7. The standard InChI is InChI=1S/C15H35NSi/c1-4-5-6-7-8-9-10-11-12-13-14-15-17(2,3)16/h4-16H2,1-3H3. The van der Waals surface area contributed by atoms with Crippen LogP contribution in [0.4, 0.5) is 0 Å². The van der Waals surface area contributed by atoms with Gasteiger partial charge in [-0.25, -0.2) is 0 Å². The van der Waals surface area contributed by atoms with Gasteiger partial charge >= 0.3 is 0 Å². The Morgan fingerprint density at radius 3 is 1.35 bits per heavy atom. The van der Waals surface area contributed by atoms with Crippen LogP contribution in [0.25, 0.3) is 0 Å². The van der Waals surface area contributed by atoms with E-state index in [9.17, 15) is 0 Å². The van der Waals surface area contributed by atoms with Crippen LogP contribution < -0.4 is 5.40 Å². The fourth-order valence-corrected chi connectivity index (χ4v) is 3.41. The summed E-state index contributed by atoms with van der Waals surface area (Å²) in [5.74, 6) is 0. The molecule has 0 aromatic carbocycles. The molecule has 0 heterocycles. The molecule has 0 spiro atoms. The summed E-state index contributed by atoms with van der Waals surface area (Å²) in [7, 11) is -1.25. The van der Waals surface area contributed by atoms with Gasteiger partial charge in [0.2, 0.25) is 0 Å². The number of rotatable bonds is 12. The van der Waals surface area contributed by atoms with Gasteiger partial charge in [0.15, 0.2) is 0 Å². The van der Waals surface area contributed by atoms with Crippen molar-refractivity contribution >= 4 is 8.24 Å². The van der Waals surface area contributed by atoms with Crippen LogP contribution in [0.2, 0.25) is 19.1 Å². The second-order valence-corrected chi connectivity index (χ2v) is 10.8. The Morgan fingerprint density at radius 1 is 0.647 bits per heavy atom. The minimum absolute atomic E-state index is 1.25. The Hall–Kier alpha value is 0.177. The van der Waals surface area contributed by atoms with Crippen molar-refractivity contribution in [2.75, 3.05) is 0 Å². The number of hydrogen-bond donors (Lipinski definition) is 1. The Labute approximate surface area is 111 Å². The molecule has 0 aromatic rings. The maximum absolute atomic E-state index is 6.09. The van der Waals surface area contributed by atoms with Crippen molar-refractivity contribution in [3.8, 4) is 0 Å². The highest BCUT2D eigenvalue weighted by molar-refractivity contribution is 6.74. The van der Waals surface area contributed by atoms with Gasteiger partial charge in [0.25, 0.3) is 0 Å². The molecule has 0 atom stereocenters. The molecule has 0 aliphatic rings. The molecule has 2 heteroatoms. The van der Waals surface area contributed by atoms with Gasteiger partial charge < -0.3 is 5.40 Å². The van der Waals surface area contributed by atoms with Crippen molar-refractivity contribution in [2.24, 2.45) is 5.40 Å². The molecular formula is C15H35NSi. The Bertz CT molecular complexity index is 151. The summed E-state index contributed by atoms with van der Waals surface area (Å²) in [6, 6.07) is 1.31. The minimum atomic E-state index is -1.25. The maximum Gasteiger partial charge on any atom is 0.116 e. The van der Waals surface area contributed by atoms with Crippen LogP contribution >= 0.6 is 0 Å². The van der Waals surface area contributed by atoms with Crippen molar-refractivity contribution in [3.63, 3.8) is 0 Å². The normalized spacial score (nSPS) is 12.0. The fraction of sp³-hybridized carbons (Fsp3) is 1.00. The van der Waals surface area contributed by atoms with Crippen LogP contribution in [0.5, 0.6) is 0 Å². The second-order valence-electron chi connectivity index (χ2n) is 6.27. The molecule has 0 bridgehead atoms. The zero-order valence-corrected chi connectivity index (χ0v) is 13.6. The largest absolute Gasteiger partial charge is 0.351 e. The lowest BCUT2D eigenvalue weighted by molar-refractivity contribution is 0.553. The third kappa shape index (κ3) is 16.2. The third-order valence-electron chi connectivity index (χ3n) is 3.42. The fourth-order valence-electron chi connectivity index (χ4n) is 2.24. The van der Waals surface area contributed by atoms with Crippen LogP contribution in [-0.2, 0) is 0 Å². The lowest BCUT2D eigenvalue weighted by Crippen LogP contribution is -2.37. The van der Waals surface area contributed by atoms with E-state index in [0.717, 1.165) is 0 Å². The van der Waals surface area contributed by atoms with Gasteiger partial charge in [0, 0.05) is 0 Å². The molecule has 0 unspecified atom stereocenters. The van der Waals surface area contributed by atoms with E-state index in [0.29, 0.717) is 0 Å². The topological polar surface area (TPSA) is 26.0 Å². The van der Waals surface area contributed by atoms with Crippen molar-refractivity contribution in [1.82, 2.24) is 0 Å². The highest BCUT2D eigenvalue weighted by Crippen LogP contribution is 2.14. The summed E-state index contributed by atoms with van der Waals surface area (Å²) < 4.78 is 0. The monoisotopic (exact) mass is 257 g/mol. The molecule has 0 fully saturated rings. The summed E-state index contributed by atoms with van der Waals surface area (Å²) in [5.41, 5.74) is 0. The molecule has 0 saturated carbocycles. The zero-order chi connectivity index (χ0) is 13.0. The van der Waals surface area contributed by atoms with E-state index in [1.54, 1.807) is 0 Å². The van der Waals surface area contributed by atoms with E-state index < -0.39 is 8.24 Å². The van der Waals surface area contributed by atoms with Crippen molar-refractivity contribution in [3.05, 3.63) is 0 Å². The first-order valence-electron chi connectivity index (χ1n) is 7.85. The molecule has 1 nitrogen and oxygen atoms in total. The van der Waals surface area contributed by atoms with E-state index >= 15 is 0 Å². The van der Waals surface area contributed by atoms with E-state index in [4.69, 9.17) is 5.40 Å². The van der Waals surface area contributed by atoms with Crippen LogP contribution in [0, 0.1) is 0 Å². The average Bonchev–Trinajstić information content (AvgIpc) is 2.24. The molecule has 104 valence electrons. The summed E-state index contributed by atoms with van der Waals surface area (Å²) in [4.78, 5) is 0. The Morgan fingerprint density at radius 2 is 1.00 bits per heavy atom. The van der Waals surface area contributed by atoms with Gasteiger partial charge in [-0.1, -0.05) is 90.6 Å². The number of hydrogen-bond acceptors (Lipinski definition) is 1. The molecule has 0 radical (unpaired) electrons. The molecular weight excluding hydrogens is 222 g/mol. The molecule has 2 N–H and O–H groups in total. The van der Waals surface area contributed by atoms with Gasteiger partial charge in [0.05, 0.1) is 0 Å². The third-order valence-corrected chi connectivity index (χ3v) is 5.07. The first-order valence-corrected chi connectivity index (χ1v) is 11.1. The summed E-state index contributed by atoms with van der Waals surface area (Å²) in [6.45, 7) is 6.82. The molecule has 0 amide bonds. The molecule has 0 aromatic heterocycles. The predicted octanol–water partition coefficient (Wildman–Crippen LogP) is 5.46. The highest BCUT2D eigenvalue weighted by Gasteiger charge is 2.12. The van der Waals surface area contributed by atoms with Gasteiger partial charge in [0.1, 0.15) is 8.24 Å². The number of unbranched alkanes of at least 4 members (excludes halogenated alkanes) is 10. The van der Waals surface area contributed by atoms with E-state index in [2.05, 4.69) is 20.0 Å². The molecule has 0 rings (SSSR count). The van der Waals surface area contributed by atoms with Gasteiger partial charge in [-0.3, -0.25) is 0 Å². The second kappa shape index (κ2) is 11.3. The lowest BCUT2D eigenvalue weighted by Gasteiger charge is -2.14. The smallest absolute Gasteiger partial charge is 0.116 e. The molecule has 0 saturated heterocycles. The van der Waals surface area contributed by atoms with Crippen molar-refractivity contribution < 1.29 is 0 Å². The minimum Gasteiger partial charge on any atom is -0.351 e. The highest BCUT2D eigenvalue weighted by atomic mass is 28.3. The van der Waals surface area contributed by atoms with Crippen LogP contribution in [0.1, 0.15) is 77.6 Å². The van der Waals surface area contributed by atoms with Crippen LogP contribution in [-0.4, -0.2) is 8.24 Å². The van der Waals surface area contributed by atoms with Crippen LogP contribution in [0.15, 0.2) is 0 Å². The van der Waals surface area contributed by atoms with Crippen molar-refractivity contribution in [2.45, 2.75) is 96.7 Å². The predicted molar refractivity (Wildman–Crippen MR) is 82.9 cm³/mol. The van der Waals surface area contributed by atoms with E-state index in [1.165, 1.54) is 76.7 Å². The molecule has 17 heavy (non-hydrogen) atoms. The number of nitrogens with two attached hydrogens (primary N) is 1. The Kier molecular flexibility index (Phi) is 11.4. The van der Waals surface area contributed by atoms with E-state index in [-0.39, 0.29) is 0 Å². The van der Waals surface area contributed by atoms with Crippen LogP contribution in [0.3, 0.4) is 0 Å². The van der Waals surface area contributed by atoms with Gasteiger partial charge in [-0.2, -0.15) is 0 Å². The van der Waals surface area contributed by atoms with Crippen molar-refractivity contribution in [1.29, 1.82) is 0 Å². The van der Waals surface area contributed by atoms with E-state index in [1.807, 2.05) is 0 Å². The Balaban J connectivity index is 2.99. The first-order chi connectivity index (χ1) is 8.06. The molecule has 0 aliphatic heterocycles. The SMILES string of the molecule is CCCCCCCCCCCCC[Si](C)(C)N. The quantitative estimate of drug-likeness (QED) is 0.364. The average molecular weight is 258 g/mol. The summed E-state index contributed by atoms with van der Waals surface area (Å²) in [5, 5.41) is 6.09. The van der Waals surface area contributed by atoms with Gasteiger partial charge in [-0.15, -0.1) is 0 Å². The molecule has 0 aliphatic carbocycles. The first kappa shape index (κ1) is 17.2. The van der Waals surface area contributed by atoms with Gasteiger partial charge in [-0.05, 0) is 6.04 Å². The lowest BCUT2D eigenvalue weighted by atomic mass is 10.1. The summed E-state index contributed by atoms with van der Waals surface area (Å²) >= 11 is 0. The zero-order valence-electron chi connectivity index (χ0n) is 12.6.